The lowest BCUT2D eigenvalue weighted by atomic mass is 10.1. The van der Waals surface area contributed by atoms with Crippen LogP contribution in [0.5, 0.6) is 11.5 Å². The quantitative estimate of drug-likeness (QED) is 0.465. The van der Waals surface area contributed by atoms with E-state index in [1.165, 1.54) is 6.08 Å². The van der Waals surface area contributed by atoms with Crippen molar-refractivity contribution < 1.29 is 23.5 Å². The Bertz CT molecular complexity index is 1010. The van der Waals surface area contributed by atoms with Crippen molar-refractivity contribution in [3.8, 4) is 22.8 Å². The molecule has 4 rings (SSSR count). The van der Waals surface area contributed by atoms with Crippen molar-refractivity contribution in [2.75, 3.05) is 13.2 Å². The van der Waals surface area contributed by atoms with Gasteiger partial charge >= 0.3 is 5.97 Å². The van der Waals surface area contributed by atoms with E-state index in [1.807, 2.05) is 30.3 Å². The van der Waals surface area contributed by atoms with Crippen molar-refractivity contribution in [1.82, 2.24) is 5.16 Å². The monoisotopic (exact) mass is 397 g/mol. The molecule has 0 saturated heterocycles. The third-order valence-corrected chi connectivity index (χ3v) is 4.29. The van der Waals surface area contributed by atoms with Crippen LogP contribution in [0.15, 0.2) is 59.1 Å². The molecule has 1 aromatic heterocycles. The van der Waals surface area contributed by atoms with Gasteiger partial charge in [0.05, 0.1) is 0 Å². The van der Waals surface area contributed by atoms with E-state index in [0.29, 0.717) is 41.2 Å². The number of hydrogen-bond acceptors (Lipinski definition) is 6. The van der Waals surface area contributed by atoms with Crippen LogP contribution in [-0.2, 0) is 16.1 Å². The van der Waals surface area contributed by atoms with Gasteiger partial charge in [-0.1, -0.05) is 35.0 Å². The van der Waals surface area contributed by atoms with Crippen molar-refractivity contribution in [3.05, 3.63) is 71.0 Å². The Labute approximate surface area is 166 Å². The van der Waals surface area contributed by atoms with E-state index in [-0.39, 0.29) is 6.61 Å². The second kappa shape index (κ2) is 8.19. The first-order valence-electron chi connectivity index (χ1n) is 8.63. The third kappa shape index (κ3) is 4.35. The smallest absolute Gasteiger partial charge is 0.331 e. The summed E-state index contributed by atoms with van der Waals surface area (Å²) in [4.78, 5) is 12.0. The molecule has 1 aliphatic rings. The largest absolute Gasteiger partial charge is 0.486 e. The minimum atomic E-state index is -0.487. The topological polar surface area (TPSA) is 70.8 Å². The first-order valence-corrected chi connectivity index (χ1v) is 9.01. The Hall–Kier alpha value is -3.25. The van der Waals surface area contributed by atoms with Crippen LogP contribution in [-0.4, -0.2) is 24.3 Å². The van der Waals surface area contributed by atoms with E-state index in [1.54, 1.807) is 24.3 Å². The van der Waals surface area contributed by atoms with Gasteiger partial charge < -0.3 is 18.7 Å². The molecular weight excluding hydrogens is 382 g/mol. The highest BCUT2D eigenvalue weighted by Gasteiger charge is 2.11. The Morgan fingerprint density at radius 2 is 1.86 bits per heavy atom. The van der Waals surface area contributed by atoms with Crippen LogP contribution >= 0.6 is 11.6 Å². The fourth-order valence-electron chi connectivity index (χ4n) is 2.66. The molecule has 0 unspecified atom stereocenters. The summed E-state index contributed by atoms with van der Waals surface area (Å²) < 4.78 is 21.4. The molecule has 142 valence electrons. The number of aromatic nitrogens is 1. The molecule has 0 atom stereocenters. The van der Waals surface area contributed by atoms with Crippen LogP contribution in [0.1, 0.15) is 11.3 Å². The first kappa shape index (κ1) is 18.1. The van der Waals surface area contributed by atoms with E-state index >= 15 is 0 Å². The molecule has 2 heterocycles. The molecule has 0 N–H and O–H groups in total. The van der Waals surface area contributed by atoms with Gasteiger partial charge in [0.25, 0.3) is 0 Å². The van der Waals surface area contributed by atoms with Crippen molar-refractivity contribution in [3.63, 3.8) is 0 Å². The molecule has 7 heteroatoms. The predicted octanol–water partition coefficient (Wildman–Crippen LogP) is 4.52. The number of benzene rings is 2. The van der Waals surface area contributed by atoms with Crippen LogP contribution < -0.4 is 9.47 Å². The number of carbonyl (C=O) groups excluding carboxylic acids is 1. The molecule has 0 amide bonds. The van der Waals surface area contributed by atoms with Crippen molar-refractivity contribution >= 4 is 23.6 Å². The van der Waals surface area contributed by atoms with Gasteiger partial charge in [-0.05, 0) is 35.9 Å². The normalized spacial score (nSPS) is 12.9. The Kier molecular flexibility index (Phi) is 5.30. The molecule has 0 radical (unpaired) electrons. The number of hydrogen-bond donors (Lipinski definition) is 0. The number of carbonyl (C=O) groups is 1. The second-order valence-corrected chi connectivity index (χ2v) is 6.47. The van der Waals surface area contributed by atoms with Gasteiger partial charge in [0.2, 0.25) is 0 Å². The fourth-order valence-corrected chi connectivity index (χ4v) is 2.78. The lowest BCUT2D eigenvalue weighted by molar-refractivity contribution is -0.139. The summed E-state index contributed by atoms with van der Waals surface area (Å²) >= 11 is 5.88. The molecule has 0 saturated carbocycles. The van der Waals surface area contributed by atoms with Gasteiger partial charge in [0, 0.05) is 22.7 Å². The summed E-state index contributed by atoms with van der Waals surface area (Å²) in [6.45, 7) is 1.04. The lowest BCUT2D eigenvalue weighted by Gasteiger charge is -2.18. The molecule has 28 heavy (non-hydrogen) atoms. The Balaban J connectivity index is 1.33. The molecule has 2 aromatic carbocycles. The number of halogens is 1. The van der Waals surface area contributed by atoms with Crippen LogP contribution in [0.2, 0.25) is 5.02 Å². The predicted molar refractivity (Wildman–Crippen MR) is 103 cm³/mol. The zero-order valence-electron chi connectivity index (χ0n) is 14.8. The van der Waals surface area contributed by atoms with Crippen molar-refractivity contribution in [2.45, 2.75) is 6.61 Å². The highest BCUT2D eigenvalue weighted by molar-refractivity contribution is 6.30. The van der Waals surface area contributed by atoms with Crippen LogP contribution in [0.3, 0.4) is 0 Å². The minimum absolute atomic E-state index is 0.00903. The molecule has 0 aliphatic carbocycles. The maximum absolute atomic E-state index is 12.0. The van der Waals surface area contributed by atoms with Gasteiger partial charge in [-0.3, -0.25) is 0 Å². The number of ether oxygens (including phenoxy) is 3. The average molecular weight is 398 g/mol. The average Bonchev–Trinajstić information content (AvgIpc) is 3.20. The zero-order chi connectivity index (χ0) is 19.3. The van der Waals surface area contributed by atoms with Gasteiger partial charge in [-0.2, -0.15) is 0 Å². The molecule has 6 nitrogen and oxygen atoms in total. The van der Waals surface area contributed by atoms with Crippen LogP contribution in [0.25, 0.3) is 17.3 Å². The summed E-state index contributed by atoms with van der Waals surface area (Å²) in [5.41, 5.74) is 2.32. The Morgan fingerprint density at radius 1 is 1.07 bits per heavy atom. The van der Waals surface area contributed by atoms with Gasteiger partial charge in [-0.25, -0.2) is 4.79 Å². The summed E-state index contributed by atoms with van der Waals surface area (Å²) in [7, 11) is 0. The molecule has 1 aliphatic heterocycles. The van der Waals surface area contributed by atoms with Crippen LogP contribution in [0.4, 0.5) is 0 Å². The summed E-state index contributed by atoms with van der Waals surface area (Å²) in [6.07, 6.45) is 3.00. The maximum Gasteiger partial charge on any atom is 0.331 e. The number of nitrogens with zero attached hydrogens (tertiary/aromatic N) is 1. The Morgan fingerprint density at radius 3 is 2.68 bits per heavy atom. The van der Waals surface area contributed by atoms with Gasteiger partial charge in [-0.15, -0.1) is 0 Å². The van der Waals surface area contributed by atoms with E-state index in [2.05, 4.69) is 5.16 Å². The standard InChI is InChI=1S/C21H16ClNO5/c22-16-5-3-15(4-6-16)18-12-17(28-23-18)13-27-21(24)8-2-14-1-7-19-20(11-14)26-10-9-25-19/h1-8,11-12H,9-10,13H2/b8-2+. The minimum Gasteiger partial charge on any atom is -0.486 e. The summed E-state index contributed by atoms with van der Waals surface area (Å²) in [5.74, 6) is 1.33. The highest BCUT2D eigenvalue weighted by atomic mass is 35.5. The van der Waals surface area contributed by atoms with Gasteiger partial charge in [0.15, 0.2) is 23.9 Å². The third-order valence-electron chi connectivity index (χ3n) is 4.03. The SMILES string of the molecule is O=C(/C=C/c1ccc2c(c1)OCCO2)OCc1cc(-c2ccc(Cl)cc2)no1. The molecule has 3 aromatic rings. The van der Waals surface area contributed by atoms with Crippen molar-refractivity contribution in [2.24, 2.45) is 0 Å². The first-order chi connectivity index (χ1) is 13.7. The van der Waals surface area contributed by atoms with Crippen LogP contribution in [0, 0.1) is 0 Å². The number of fused-ring (bicyclic) bond motifs is 1. The molecular formula is C21H16ClNO5. The maximum atomic E-state index is 12.0. The highest BCUT2D eigenvalue weighted by Crippen LogP contribution is 2.31. The van der Waals surface area contributed by atoms with Gasteiger partial charge in [0.1, 0.15) is 18.9 Å². The lowest BCUT2D eigenvalue weighted by Crippen LogP contribution is -2.15. The zero-order valence-corrected chi connectivity index (χ0v) is 15.5. The summed E-state index contributed by atoms with van der Waals surface area (Å²) in [5, 5.41) is 4.62. The molecule has 0 spiro atoms. The molecule has 0 fully saturated rings. The summed E-state index contributed by atoms with van der Waals surface area (Å²) in [6, 6.07) is 14.4. The van der Waals surface area contributed by atoms with E-state index in [9.17, 15) is 4.79 Å². The van der Waals surface area contributed by atoms with E-state index in [4.69, 9.17) is 30.3 Å². The number of rotatable bonds is 5. The fraction of sp³-hybridized carbons (Fsp3) is 0.143. The van der Waals surface area contributed by atoms with Crippen molar-refractivity contribution in [1.29, 1.82) is 0 Å². The molecule has 0 bridgehead atoms. The second-order valence-electron chi connectivity index (χ2n) is 6.03. The number of esters is 1. The van der Waals surface area contributed by atoms with E-state index < -0.39 is 5.97 Å². The van der Waals surface area contributed by atoms with E-state index in [0.717, 1.165) is 11.1 Å².